The third-order valence-corrected chi connectivity index (χ3v) is 5.37. The fraction of sp³-hybridized carbons (Fsp3) is 0.350. The highest BCUT2D eigenvalue weighted by atomic mass is 32.1. The maximum atomic E-state index is 13.9. The molecule has 0 amide bonds. The summed E-state index contributed by atoms with van der Waals surface area (Å²) in [5.41, 5.74) is -1.55. The number of methoxy groups -OCH3 is 1. The van der Waals surface area contributed by atoms with Gasteiger partial charge in [0.1, 0.15) is 11.4 Å². The summed E-state index contributed by atoms with van der Waals surface area (Å²) >= 11 is 5.25. The van der Waals surface area contributed by atoms with Crippen LogP contribution in [0.5, 0.6) is 5.75 Å². The number of rotatable bonds is 4. The number of ether oxygens (including phenoxy) is 2. The normalized spacial score (nSPS) is 16.9. The van der Waals surface area contributed by atoms with E-state index in [1.165, 1.54) is 11.7 Å². The number of halogens is 3. The van der Waals surface area contributed by atoms with Gasteiger partial charge in [0.25, 0.3) is 5.56 Å². The molecule has 0 bridgehead atoms. The molecule has 3 heterocycles. The Balaban J connectivity index is 1.99. The van der Waals surface area contributed by atoms with Crippen molar-refractivity contribution in [2.24, 2.45) is 0 Å². The van der Waals surface area contributed by atoms with Crippen LogP contribution in [0.4, 0.5) is 13.2 Å². The minimum atomic E-state index is -4.75. The van der Waals surface area contributed by atoms with Gasteiger partial charge in [0, 0.05) is 12.2 Å². The van der Waals surface area contributed by atoms with E-state index < -0.39 is 22.7 Å². The largest absolute Gasteiger partial charge is 0.497 e. The number of H-pyrrole nitrogens is 1. The first-order chi connectivity index (χ1) is 14.3. The van der Waals surface area contributed by atoms with Crippen LogP contribution in [0, 0.1) is 4.77 Å². The molecule has 30 heavy (non-hydrogen) atoms. The predicted molar refractivity (Wildman–Crippen MR) is 107 cm³/mol. The first-order valence-corrected chi connectivity index (χ1v) is 9.70. The summed E-state index contributed by atoms with van der Waals surface area (Å²) in [6, 6.07) is 7.37. The van der Waals surface area contributed by atoms with E-state index in [-0.39, 0.29) is 28.8 Å². The minimum absolute atomic E-state index is 0.00973. The molecule has 1 aromatic carbocycles. The number of nitrogens with one attached hydrogen (secondary N) is 1. The number of nitrogens with zero attached hydrogens (tertiary/aromatic N) is 2. The molecule has 3 aromatic rings. The van der Waals surface area contributed by atoms with Crippen molar-refractivity contribution in [3.8, 4) is 17.0 Å². The van der Waals surface area contributed by atoms with Gasteiger partial charge in [-0.15, -0.1) is 0 Å². The van der Waals surface area contributed by atoms with Crippen LogP contribution in [0.3, 0.4) is 0 Å². The summed E-state index contributed by atoms with van der Waals surface area (Å²) in [5, 5.41) is -0.536. The maximum Gasteiger partial charge on any atom is 0.417 e. The summed E-state index contributed by atoms with van der Waals surface area (Å²) in [4.78, 5) is 19.2. The Kier molecular flexibility index (Phi) is 5.37. The molecule has 158 valence electrons. The molecule has 1 N–H and O–H groups in total. The van der Waals surface area contributed by atoms with Crippen LogP contribution in [0.1, 0.15) is 18.4 Å². The van der Waals surface area contributed by atoms with Gasteiger partial charge in [-0.3, -0.25) is 14.3 Å². The molecular formula is C20H18F3N3O3S. The average molecular weight is 437 g/mol. The van der Waals surface area contributed by atoms with Crippen molar-refractivity contribution < 1.29 is 22.6 Å². The van der Waals surface area contributed by atoms with Crippen LogP contribution in [0.25, 0.3) is 22.3 Å². The Bertz CT molecular complexity index is 1200. The number of hydrogen-bond donors (Lipinski definition) is 1. The van der Waals surface area contributed by atoms with Crippen LogP contribution in [-0.2, 0) is 17.5 Å². The van der Waals surface area contributed by atoms with Gasteiger partial charge in [-0.25, -0.2) is 4.98 Å². The molecule has 2 aromatic heterocycles. The van der Waals surface area contributed by atoms with Gasteiger partial charge in [0.15, 0.2) is 4.77 Å². The van der Waals surface area contributed by atoms with E-state index >= 15 is 0 Å². The molecule has 1 fully saturated rings. The second-order valence-electron chi connectivity index (χ2n) is 6.98. The number of alkyl halides is 3. The lowest BCUT2D eigenvalue weighted by Crippen LogP contribution is -2.24. The molecular weight excluding hydrogens is 419 g/mol. The minimum Gasteiger partial charge on any atom is -0.497 e. The molecule has 1 aliphatic rings. The van der Waals surface area contributed by atoms with Gasteiger partial charge in [-0.1, -0.05) is 0 Å². The van der Waals surface area contributed by atoms with Crippen LogP contribution in [-0.4, -0.2) is 34.4 Å². The Morgan fingerprint density at radius 3 is 2.67 bits per heavy atom. The van der Waals surface area contributed by atoms with Crippen molar-refractivity contribution >= 4 is 23.3 Å². The number of hydrogen-bond acceptors (Lipinski definition) is 5. The molecule has 1 atom stereocenters. The third kappa shape index (κ3) is 3.84. The number of fused-ring (bicyclic) bond motifs is 1. The summed E-state index contributed by atoms with van der Waals surface area (Å²) in [6.07, 6.45) is -3.34. The smallest absolute Gasteiger partial charge is 0.417 e. The Morgan fingerprint density at radius 2 is 2.07 bits per heavy atom. The van der Waals surface area contributed by atoms with E-state index in [1.807, 2.05) is 0 Å². The van der Waals surface area contributed by atoms with Gasteiger partial charge in [0.2, 0.25) is 0 Å². The topological polar surface area (TPSA) is 69.1 Å². The molecule has 4 rings (SSSR count). The molecule has 0 spiro atoms. The van der Waals surface area contributed by atoms with Crippen molar-refractivity contribution in [3.63, 3.8) is 0 Å². The van der Waals surface area contributed by atoms with Crippen LogP contribution in [0.15, 0.2) is 35.1 Å². The van der Waals surface area contributed by atoms with Crippen LogP contribution in [0.2, 0.25) is 0 Å². The van der Waals surface area contributed by atoms with Gasteiger partial charge in [-0.2, -0.15) is 13.2 Å². The van der Waals surface area contributed by atoms with Gasteiger partial charge in [0.05, 0.1) is 36.4 Å². The summed E-state index contributed by atoms with van der Waals surface area (Å²) in [7, 11) is 1.50. The first kappa shape index (κ1) is 20.5. The molecule has 0 unspecified atom stereocenters. The fourth-order valence-corrected chi connectivity index (χ4v) is 3.82. The maximum absolute atomic E-state index is 13.9. The molecule has 10 heteroatoms. The molecule has 0 radical (unpaired) electrons. The van der Waals surface area contributed by atoms with E-state index in [2.05, 4.69) is 9.97 Å². The van der Waals surface area contributed by atoms with E-state index in [4.69, 9.17) is 21.7 Å². The lowest BCUT2D eigenvalue weighted by atomic mass is 10.1. The van der Waals surface area contributed by atoms with Crippen molar-refractivity contribution in [2.75, 3.05) is 13.7 Å². The van der Waals surface area contributed by atoms with Crippen LogP contribution >= 0.6 is 12.2 Å². The van der Waals surface area contributed by atoms with Crippen molar-refractivity contribution in [1.29, 1.82) is 0 Å². The second-order valence-corrected chi connectivity index (χ2v) is 7.37. The monoisotopic (exact) mass is 437 g/mol. The zero-order valence-corrected chi connectivity index (χ0v) is 16.8. The summed E-state index contributed by atoms with van der Waals surface area (Å²) < 4.78 is 53.8. The Morgan fingerprint density at radius 1 is 1.33 bits per heavy atom. The van der Waals surface area contributed by atoms with E-state index in [9.17, 15) is 18.0 Å². The quantitative estimate of drug-likeness (QED) is 0.616. The molecule has 0 aliphatic carbocycles. The van der Waals surface area contributed by atoms with Crippen LogP contribution < -0.4 is 10.3 Å². The zero-order valence-electron chi connectivity index (χ0n) is 16.0. The fourth-order valence-electron chi connectivity index (χ4n) is 3.57. The Labute approximate surface area is 174 Å². The van der Waals surface area contributed by atoms with Gasteiger partial charge < -0.3 is 9.47 Å². The zero-order chi connectivity index (χ0) is 21.5. The lowest BCUT2D eigenvalue weighted by molar-refractivity contribution is -0.136. The highest BCUT2D eigenvalue weighted by Crippen LogP contribution is 2.36. The second kappa shape index (κ2) is 7.84. The molecule has 6 nitrogen and oxygen atoms in total. The van der Waals surface area contributed by atoms with Crippen molar-refractivity contribution in [2.45, 2.75) is 31.7 Å². The average Bonchev–Trinajstić information content (AvgIpc) is 3.23. The van der Waals surface area contributed by atoms with Crippen molar-refractivity contribution in [3.05, 3.63) is 51.0 Å². The number of benzene rings is 1. The van der Waals surface area contributed by atoms with Gasteiger partial charge in [-0.05, 0) is 55.4 Å². The summed E-state index contributed by atoms with van der Waals surface area (Å²) in [6.45, 7) is 0.792. The first-order valence-electron chi connectivity index (χ1n) is 9.29. The van der Waals surface area contributed by atoms with Gasteiger partial charge >= 0.3 is 6.18 Å². The number of aromatic nitrogens is 3. The lowest BCUT2D eigenvalue weighted by Gasteiger charge is -2.18. The number of pyridine rings is 1. The molecule has 1 saturated heterocycles. The highest BCUT2D eigenvalue weighted by molar-refractivity contribution is 7.71. The van der Waals surface area contributed by atoms with E-state index in [0.717, 1.165) is 18.9 Å². The predicted octanol–water partition coefficient (Wildman–Crippen LogP) is 4.33. The Hall–Kier alpha value is -2.72. The molecule has 0 saturated carbocycles. The SMILES string of the molecule is COc1ccc(-c2cc(C(F)(F)F)c3c(=O)[nH]c(=S)n(C[C@H]4CCCO4)c3n2)cc1. The third-order valence-electron chi connectivity index (χ3n) is 5.05. The number of aromatic amines is 1. The van der Waals surface area contributed by atoms with Crippen molar-refractivity contribution in [1.82, 2.24) is 14.5 Å². The molecule has 1 aliphatic heterocycles. The van der Waals surface area contributed by atoms with E-state index in [0.29, 0.717) is 17.9 Å². The highest BCUT2D eigenvalue weighted by Gasteiger charge is 2.35. The standard InChI is InChI=1S/C20H18F3N3O3S/c1-28-12-6-4-11(5-7-12)15-9-14(20(21,22)23)16-17(24-15)26(19(30)25-18(16)27)10-13-3-2-8-29-13/h4-7,9,13H,2-3,8,10H2,1H3,(H,25,27,30)/t13-/m1/s1. The summed E-state index contributed by atoms with van der Waals surface area (Å²) in [5.74, 6) is 0.563. The van der Waals surface area contributed by atoms with E-state index in [1.54, 1.807) is 24.3 Å².